The van der Waals surface area contributed by atoms with Crippen LogP contribution in [0.2, 0.25) is 0 Å². The minimum absolute atomic E-state index is 0.0338. The van der Waals surface area contributed by atoms with Crippen LogP contribution in [0.15, 0.2) is 16.7 Å². The van der Waals surface area contributed by atoms with E-state index in [0.717, 1.165) is 0 Å². The van der Waals surface area contributed by atoms with Gasteiger partial charge in [-0.05, 0) is 22.0 Å². The highest BCUT2D eigenvalue weighted by Crippen LogP contribution is 2.27. The van der Waals surface area contributed by atoms with E-state index < -0.39 is 5.97 Å². The number of aromatic nitrogens is 1. The maximum atomic E-state index is 11.8. The van der Waals surface area contributed by atoms with E-state index in [-0.39, 0.29) is 16.7 Å². The first-order chi connectivity index (χ1) is 8.52. The molecule has 1 unspecified atom stereocenters. The summed E-state index contributed by atoms with van der Waals surface area (Å²) in [6.07, 6.45) is 1.89. The standard InChI is InChI=1S/C11H11BrN2O3S/c1-17-11(16)8-2-6(12)4-13-10(8)14-5-7(18)3-9(14)15/h2,4,7,18H,3,5H2,1H3. The molecule has 7 heteroatoms. The summed E-state index contributed by atoms with van der Waals surface area (Å²) in [6.45, 7) is 0.445. The number of nitrogens with zero attached hydrogens (tertiary/aromatic N) is 2. The second-order valence-electron chi connectivity index (χ2n) is 3.88. The Balaban J connectivity index is 2.44. The van der Waals surface area contributed by atoms with Crippen molar-refractivity contribution < 1.29 is 14.3 Å². The lowest BCUT2D eigenvalue weighted by Gasteiger charge is -2.17. The first-order valence-electron chi connectivity index (χ1n) is 5.25. The van der Waals surface area contributed by atoms with Gasteiger partial charge in [0.2, 0.25) is 5.91 Å². The number of hydrogen-bond donors (Lipinski definition) is 1. The molecule has 0 N–H and O–H groups in total. The summed E-state index contributed by atoms with van der Waals surface area (Å²) >= 11 is 7.52. The molecule has 1 fully saturated rings. The predicted octanol–water partition coefficient (Wildman–Crippen LogP) is 1.67. The van der Waals surface area contributed by atoms with E-state index in [1.807, 2.05) is 0 Å². The van der Waals surface area contributed by atoms with Crippen molar-refractivity contribution in [3.05, 3.63) is 22.3 Å². The summed E-state index contributed by atoms with van der Waals surface area (Å²) in [5.41, 5.74) is 0.266. The number of anilines is 1. The fourth-order valence-electron chi connectivity index (χ4n) is 1.80. The molecule has 1 aliphatic rings. The molecule has 1 aromatic heterocycles. The van der Waals surface area contributed by atoms with Crippen LogP contribution in [0.1, 0.15) is 16.8 Å². The number of hydrogen-bond acceptors (Lipinski definition) is 5. The average molecular weight is 331 g/mol. The van der Waals surface area contributed by atoms with E-state index in [4.69, 9.17) is 4.74 Å². The van der Waals surface area contributed by atoms with Crippen LogP contribution < -0.4 is 4.90 Å². The minimum Gasteiger partial charge on any atom is -0.465 e. The molecule has 0 bridgehead atoms. The third-order valence-electron chi connectivity index (χ3n) is 2.60. The number of pyridine rings is 1. The van der Waals surface area contributed by atoms with Gasteiger partial charge in [0.25, 0.3) is 0 Å². The fourth-order valence-corrected chi connectivity index (χ4v) is 2.45. The molecular formula is C11H11BrN2O3S. The molecule has 1 amide bonds. The van der Waals surface area contributed by atoms with Crippen molar-refractivity contribution in [1.82, 2.24) is 4.98 Å². The highest BCUT2D eigenvalue weighted by atomic mass is 79.9. The van der Waals surface area contributed by atoms with Crippen molar-refractivity contribution >= 4 is 46.3 Å². The Morgan fingerprint density at radius 3 is 2.94 bits per heavy atom. The van der Waals surface area contributed by atoms with Gasteiger partial charge in [0.1, 0.15) is 11.4 Å². The summed E-state index contributed by atoms with van der Waals surface area (Å²) in [5.74, 6) is -0.282. The van der Waals surface area contributed by atoms with Crippen molar-refractivity contribution in [2.45, 2.75) is 11.7 Å². The molecular weight excluding hydrogens is 320 g/mol. The van der Waals surface area contributed by atoms with Crippen LogP contribution in [0, 0.1) is 0 Å². The molecule has 18 heavy (non-hydrogen) atoms. The molecule has 1 atom stereocenters. The van der Waals surface area contributed by atoms with Crippen LogP contribution in [-0.2, 0) is 9.53 Å². The number of rotatable bonds is 2. The van der Waals surface area contributed by atoms with Gasteiger partial charge in [0.05, 0.1) is 7.11 Å². The summed E-state index contributed by atoms with van der Waals surface area (Å²) in [4.78, 5) is 29.1. The second-order valence-corrected chi connectivity index (χ2v) is 5.52. The van der Waals surface area contributed by atoms with E-state index >= 15 is 0 Å². The fraction of sp³-hybridized carbons (Fsp3) is 0.364. The van der Waals surface area contributed by atoms with E-state index in [1.54, 1.807) is 12.3 Å². The molecule has 1 aromatic rings. The van der Waals surface area contributed by atoms with Gasteiger partial charge in [-0.2, -0.15) is 12.6 Å². The van der Waals surface area contributed by atoms with Gasteiger partial charge in [-0.1, -0.05) is 0 Å². The molecule has 5 nitrogen and oxygen atoms in total. The van der Waals surface area contributed by atoms with Crippen LogP contribution in [0.4, 0.5) is 5.82 Å². The van der Waals surface area contributed by atoms with E-state index in [1.165, 1.54) is 12.0 Å². The number of carbonyl (C=O) groups excluding carboxylic acids is 2. The summed E-state index contributed by atoms with van der Waals surface area (Å²) < 4.78 is 5.35. The van der Waals surface area contributed by atoms with Crippen LogP contribution in [0.5, 0.6) is 0 Å². The summed E-state index contributed by atoms with van der Waals surface area (Å²) in [5, 5.41) is -0.0338. The molecule has 1 aliphatic heterocycles. The summed E-state index contributed by atoms with van der Waals surface area (Å²) in [6, 6.07) is 1.59. The zero-order chi connectivity index (χ0) is 13.3. The Morgan fingerprint density at radius 2 is 2.39 bits per heavy atom. The van der Waals surface area contributed by atoms with Crippen molar-refractivity contribution in [3.63, 3.8) is 0 Å². The third-order valence-corrected chi connectivity index (χ3v) is 3.38. The minimum atomic E-state index is -0.519. The van der Waals surface area contributed by atoms with Crippen molar-refractivity contribution in [1.29, 1.82) is 0 Å². The molecule has 2 heterocycles. The number of amides is 1. The van der Waals surface area contributed by atoms with Crippen LogP contribution >= 0.6 is 28.6 Å². The highest BCUT2D eigenvalue weighted by molar-refractivity contribution is 9.10. The normalized spacial score (nSPS) is 19.2. The number of esters is 1. The van der Waals surface area contributed by atoms with Gasteiger partial charge in [-0.15, -0.1) is 0 Å². The van der Waals surface area contributed by atoms with Crippen molar-refractivity contribution in [2.75, 3.05) is 18.6 Å². The molecule has 0 spiro atoms. The third kappa shape index (κ3) is 2.51. The maximum absolute atomic E-state index is 11.8. The number of halogens is 1. The molecule has 1 saturated heterocycles. The Kier molecular flexibility index (Phi) is 3.91. The highest BCUT2D eigenvalue weighted by Gasteiger charge is 2.32. The van der Waals surface area contributed by atoms with Gasteiger partial charge in [0, 0.05) is 28.9 Å². The molecule has 0 aliphatic carbocycles. The smallest absolute Gasteiger partial charge is 0.341 e. The zero-order valence-electron chi connectivity index (χ0n) is 9.59. The zero-order valence-corrected chi connectivity index (χ0v) is 12.1. The Morgan fingerprint density at radius 1 is 1.67 bits per heavy atom. The Bertz CT molecular complexity index is 509. The van der Waals surface area contributed by atoms with Gasteiger partial charge in [-0.3, -0.25) is 9.69 Å². The van der Waals surface area contributed by atoms with Crippen molar-refractivity contribution in [2.24, 2.45) is 0 Å². The molecule has 2 rings (SSSR count). The first-order valence-corrected chi connectivity index (χ1v) is 6.56. The van der Waals surface area contributed by atoms with E-state index in [9.17, 15) is 9.59 Å². The summed E-state index contributed by atoms with van der Waals surface area (Å²) in [7, 11) is 1.29. The average Bonchev–Trinajstić information content (AvgIpc) is 2.67. The van der Waals surface area contributed by atoms with Gasteiger partial charge >= 0.3 is 5.97 Å². The first kappa shape index (κ1) is 13.4. The van der Waals surface area contributed by atoms with E-state index in [2.05, 4.69) is 33.5 Å². The number of thiol groups is 1. The van der Waals surface area contributed by atoms with Crippen LogP contribution in [0.25, 0.3) is 0 Å². The van der Waals surface area contributed by atoms with Crippen LogP contribution in [-0.4, -0.2) is 35.8 Å². The quantitative estimate of drug-likeness (QED) is 0.662. The lowest BCUT2D eigenvalue weighted by Crippen LogP contribution is -2.28. The molecule has 0 saturated carbocycles. The molecule has 0 radical (unpaired) electrons. The van der Waals surface area contributed by atoms with Crippen LogP contribution in [0.3, 0.4) is 0 Å². The molecule has 96 valence electrons. The lowest BCUT2D eigenvalue weighted by molar-refractivity contribution is -0.117. The largest absolute Gasteiger partial charge is 0.465 e. The Labute approximate surface area is 118 Å². The number of methoxy groups -OCH3 is 1. The maximum Gasteiger partial charge on any atom is 0.341 e. The topological polar surface area (TPSA) is 59.5 Å². The number of ether oxygens (including phenoxy) is 1. The number of carbonyl (C=O) groups is 2. The Hall–Kier alpha value is -1.08. The van der Waals surface area contributed by atoms with Gasteiger partial charge in [0.15, 0.2) is 0 Å². The van der Waals surface area contributed by atoms with Gasteiger partial charge in [-0.25, -0.2) is 9.78 Å². The molecule has 0 aromatic carbocycles. The predicted molar refractivity (Wildman–Crippen MR) is 73.0 cm³/mol. The van der Waals surface area contributed by atoms with Gasteiger partial charge < -0.3 is 4.74 Å². The lowest BCUT2D eigenvalue weighted by atomic mass is 10.2. The van der Waals surface area contributed by atoms with Crippen molar-refractivity contribution in [3.8, 4) is 0 Å². The monoisotopic (exact) mass is 330 g/mol. The second kappa shape index (κ2) is 5.27. The van der Waals surface area contributed by atoms with E-state index in [0.29, 0.717) is 23.3 Å². The SMILES string of the molecule is COC(=O)c1cc(Br)cnc1N1CC(S)CC1=O.